The molecule has 13 heavy (non-hydrogen) atoms. The Balaban J connectivity index is 3.74. The van der Waals surface area contributed by atoms with Crippen LogP contribution >= 0.6 is 0 Å². The van der Waals surface area contributed by atoms with Gasteiger partial charge in [0.25, 0.3) is 0 Å². The van der Waals surface area contributed by atoms with Crippen molar-refractivity contribution in [3.8, 4) is 0 Å². The zero-order valence-corrected chi connectivity index (χ0v) is 9.49. The second-order valence-electron chi connectivity index (χ2n) is 2.88. The van der Waals surface area contributed by atoms with Gasteiger partial charge in [-0.15, -0.1) is 0 Å². The fourth-order valence-electron chi connectivity index (χ4n) is 0.501. The summed E-state index contributed by atoms with van der Waals surface area (Å²) < 4.78 is 9.21. The fraction of sp³-hybridized carbons (Fsp3) is 0.500. The predicted octanol–water partition coefficient (Wildman–Crippen LogP) is 0.171. The molecule has 0 saturated heterocycles. The topological polar surface area (TPSA) is 52.6 Å². The van der Waals surface area contributed by atoms with Crippen LogP contribution in [-0.4, -0.2) is 28.8 Å². The molecule has 0 bridgehead atoms. The smallest absolute Gasteiger partial charge is 0.330 e. The summed E-state index contributed by atoms with van der Waals surface area (Å²) in [5, 5.41) is 0. The largest absolute Gasteiger partial charge is 0.522 e. The van der Waals surface area contributed by atoms with Crippen molar-refractivity contribution in [1.82, 2.24) is 0 Å². The number of methoxy groups -OCH3 is 1. The molecule has 0 N–H and O–H groups in total. The minimum absolute atomic E-state index is 0.426. The summed E-state index contributed by atoms with van der Waals surface area (Å²) in [6, 6.07) is 0. The number of rotatable bonds is 4. The van der Waals surface area contributed by atoms with Gasteiger partial charge in [0.15, 0.2) is 0 Å². The highest BCUT2D eigenvalue weighted by atomic mass is 28.2. The summed E-state index contributed by atoms with van der Waals surface area (Å²) in [7, 11) is 0.445. The third-order valence-corrected chi connectivity index (χ3v) is 2.23. The Labute approximate surface area is 79.9 Å². The Bertz CT molecular complexity index is 210. The molecule has 0 aliphatic carbocycles. The number of carbonyl (C=O) groups is 2. The van der Waals surface area contributed by atoms with Crippen molar-refractivity contribution in [3.63, 3.8) is 0 Å². The number of hydrogen-bond acceptors (Lipinski definition) is 4. The lowest BCUT2D eigenvalue weighted by atomic mass is 10.5. The summed E-state index contributed by atoms with van der Waals surface area (Å²) in [5.41, 5.74) is 0.426. The van der Waals surface area contributed by atoms with Gasteiger partial charge in [-0.05, 0) is 5.54 Å². The molecular weight excluding hydrogens is 188 g/mol. The molecule has 5 heteroatoms. The highest BCUT2D eigenvalue weighted by molar-refractivity contribution is 6.32. The lowest BCUT2D eigenvalue weighted by Gasteiger charge is -2.02. The third-order valence-electron chi connectivity index (χ3n) is 1.12. The second-order valence-corrected chi connectivity index (χ2v) is 5.14. The van der Waals surface area contributed by atoms with E-state index in [1.54, 1.807) is 0 Å². The minimum Gasteiger partial charge on any atom is -0.522 e. The van der Waals surface area contributed by atoms with E-state index in [1.165, 1.54) is 7.11 Å². The normalized spacial score (nSPS) is 11.4. The lowest BCUT2D eigenvalue weighted by Crippen LogP contribution is -2.09. The van der Waals surface area contributed by atoms with Gasteiger partial charge in [0.1, 0.15) is 0 Å². The van der Waals surface area contributed by atoms with Crippen molar-refractivity contribution in [2.45, 2.75) is 19.4 Å². The molecule has 0 aromatic heterocycles. The maximum atomic E-state index is 10.9. The van der Waals surface area contributed by atoms with E-state index in [1.807, 2.05) is 13.8 Å². The van der Waals surface area contributed by atoms with E-state index in [4.69, 9.17) is 4.43 Å². The zero-order chi connectivity index (χ0) is 10.3. The van der Waals surface area contributed by atoms with E-state index in [9.17, 15) is 9.59 Å². The fourth-order valence-corrected chi connectivity index (χ4v) is 1.09. The summed E-state index contributed by atoms with van der Waals surface area (Å²) in [5.74, 6) is -1.02. The van der Waals surface area contributed by atoms with Gasteiger partial charge in [-0.25, -0.2) is 9.59 Å². The second kappa shape index (κ2) is 6.42. The van der Waals surface area contributed by atoms with Crippen LogP contribution in [0.3, 0.4) is 0 Å². The lowest BCUT2D eigenvalue weighted by molar-refractivity contribution is -0.135. The molecule has 0 aliphatic heterocycles. The van der Waals surface area contributed by atoms with E-state index in [-0.39, 0.29) is 0 Å². The maximum Gasteiger partial charge on any atom is 0.330 e. The minimum atomic E-state index is -0.805. The van der Waals surface area contributed by atoms with Gasteiger partial charge < -0.3 is 9.16 Å². The molecule has 0 saturated carbocycles. The molecule has 74 valence electrons. The Morgan fingerprint density at radius 1 is 1.23 bits per heavy atom. The Hall–Kier alpha value is -1.10. The van der Waals surface area contributed by atoms with Crippen LogP contribution in [0, 0.1) is 0 Å². The molecule has 0 aliphatic rings. The standard InChI is InChI=1S/C8H14O4Si/c1-6(2)13-12-8(10)5-4-7(9)11-3/h4-6H,13H2,1-3H3/b5-4+. The summed E-state index contributed by atoms with van der Waals surface area (Å²) in [6.45, 7) is 3.98. The van der Waals surface area contributed by atoms with Gasteiger partial charge in [-0.2, -0.15) is 0 Å². The monoisotopic (exact) mass is 202 g/mol. The van der Waals surface area contributed by atoms with Crippen LogP contribution < -0.4 is 0 Å². The van der Waals surface area contributed by atoms with Crippen molar-refractivity contribution in [2.75, 3.05) is 7.11 Å². The number of hydrogen-bond donors (Lipinski definition) is 0. The van der Waals surface area contributed by atoms with E-state index in [0.29, 0.717) is 5.54 Å². The summed E-state index contributed by atoms with van der Waals surface area (Å²) in [6.07, 6.45) is 2.14. The van der Waals surface area contributed by atoms with E-state index < -0.39 is 21.7 Å². The van der Waals surface area contributed by atoms with E-state index in [2.05, 4.69) is 4.74 Å². The highest BCUT2D eigenvalue weighted by Gasteiger charge is 2.01. The molecule has 0 aromatic carbocycles. The third kappa shape index (κ3) is 7.26. The van der Waals surface area contributed by atoms with Gasteiger partial charge in [0, 0.05) is 12.2 Å². The zero-order valence-electron chi connectivity index (χ0n) is 8.07. The molecule has 0 aromatic rings. The highest BCUT2D eigenvalue weighted by Crippen LogP contribution is 1.97. The van der Waals surface area contributed by atoms with Crippen LogP contribution in [0.25, 0.3) is 0 Å². The van der Waals surface area contributed by atoms with Crippen LogP contribution in [0.4, 0.5) is 0 Å². The average molecular weight is 202 g/mol. The Morgan fingerprint density at radius 3 is 2.23 bits per heavy atom. The van der Waals surface area contributed by atoms with Crippen molar-refractivity contribution in [3.05, 3.63) is 12.2 Å². The van der Waals surface area contributed by atoms with Gasteiger partial charge in [0.05, 0.1) is 7.11 Å². The van der Waals surface area contributed by atoms with Crippen LogP contribution in [-0.2, 0) is 18.8 Å². The van der Waals surface area contributed by atoms with Crippen LogP contribution in [0.1, 0.15) is 13.8 Å². The van der Waals surface area contributed by atoms with Crippen molar-refractivity contribution in [1.29, 1.82) is 0 Å². The molecule has 0 rings (SSSR count). The predicted molar refractivity (Wildman–Crippen MR) is 50.9 cm³/mol. The molecule has 0 fully saturated rings. The van der Waals surface area contributed by atoms with Gasteiger partial charge in [0.2, 0.25) is 9.76 Å². The molecule has 0 spiro atoms. The first-order valence-electron chi connectivity index (χ1n) is 3.99. The first-order chi connectivity index (χ1) is 6.06. The van der Waals surface area contributed by atoms with Crippen LogP contribution in [0.15, 0.2) is 12.2 Å². The van der Waals surface area contributed by atoms with Crippen LogP contribution in [0.5, 0.6) is 0 Å². The molecular formula is C8H14O4Si. The quantitative estimate of drug-likeness (QED) is 0.370. The van der Waals surface area contributed by atoms with Crippen molar-refractivity contribution >= 4 is 21.7 Å². The van der Waals surface area contributed by atoms with Crippen molar-refractivity contribution < 1.29 is 18.8 Å². The summed E-state index contributed by atoms with van der Waals surface area (Å²) in [4.78, 5) is 21.4. The van der Waals surface area contributed by atoms with E-state index >= 15 is 0 Å². The molecule has 0 amide bonds. The number of ether oxygens (including phenoxy) is 1. The maximum absolute atomic E-state index is 10.9. The Morgan fingerprint density at radius 2 is 1.77 bits per heavy atom. The molecule has 0 unspecified atom stereocenters. The van der Waals surface area contributed by atoms with Crippen LogP contribution in [0.2, 0.25) is 5.54 Å². The Kier molecular flexibility index (Phi) is 5.87. The number of carbonyl (C=O) groups excluding carboxylic acids is 2. The first-order valence-corrected chi connectivity index (χ1v) is 5.38. The number of esters is 1. The van der Waals surface area contributed by atoms with Gasteiger partial charge in [-0.3, -0.25) is 0 Å². The molecule has 4 nitrogen and oxygen atoms in total. The molecule has 0 heterocycles. The average Bonchev–Trinajstić information content (AvgIpc) is 2.10. The molecule has 0 atom stereocenters. The van der Waals surface area contributed by atoms with Gasteiger partial charge >= 0.3 is 11.9 Å². The first kappa shape index (κ1) is 11.9. The van der Waals surface area contributed by atoms with E-state index in [0.717, 1.165) is 12.2 Å². The SMILES string of the molecule is COC(=O)/C=C/C(=O)O[SiH2]C(C)C. The summed E-state index contributed by atoms with van der Waals surface area (Å²) >= 11 is 0. The van der Waals surface area contributed by atoms with Gasteiger partial charge in [-0.1, -0.05) is 13.8 Å². The molecule has 0 radical (unpaired) electrons. The van der Waals surface area contributed by atoms with Crippen molar-refractivity contribution in [2.24, 2.45) is 0 Å².